The quantitative estimate of drug-likeness (QED) is 0.320. The average molecular weight is 493 g/mol. The molecule has 0 aliphatic carbocycles. The van der Waals surface area contributed by atoms with Crippen molar-refractivity contribution in [1.82, 2.24) is 20.4 Å². The van der Waals surface area contributed by atoms with Crippen LogP contribution in [-0.4, -0.2) is 28.4 Å². The van der Waals surface area contributed by atoms with E-state index in [1.165, 1.54) is 0 Å². The molecule has 2 amide bonds. The van der Waals surface area contributed by atoms with Crippen molar-refractivity contribution in [3.8, 4) is 28.2 Å². The summed E-state index contributed by atoms with van der Waals surface area (Å²) >= 11 is 0. The van der Waals surface area contributed by atoms with Gasteiger partial charge in [0, 0.05) is 16.8 Å². The van der Waals surface area contributed by atoms with Gasteiger partial charge < -0.3 is 15.4 Å². The summed E-state index contributed by atoms with van der Waals surface area (Å²) in [5.41, 5.74) is 6.55. The van der Waals surface area contributed by atoms with Crippen LogP contribution in [0.15, 0.2) is 102 Å². The van der Waals surface area contributed by atoms with Crippen LogP contribution in [0, 0.1) is 0 Å². The predicted molar refractivity (Wildman–Crippen MR) is 143 cm³/mol. The minimum Gasteiger partial charge on any atom is -0.463 e. The molecule has 3 aromatic carbocycles. The Labute approximate surface area is 215 Å². The van der Waals surface area contributed by atoms with Gasteiger partial charge in [0.2, 0.25) is 0 Å². The van der Waals surface area contributed by atoms with Crippen molar-refractivity contribution in [2.45, 2.75) is 26.3 Å². The van der Waals surface area contributed by atoms with Crippen molar-refractivity contribution in [2.24, 2.45) is 0 Å². The van der Waals surface area contributed by atoms with Crippen LogP contribution < -0.4 is 10.6 Å². The molecule has 0 radical (unpaired) electrons. The highest BCUT2D eigenvalue weighted by molar-refractivity contribution is 5.95. The second-order valence-electron chi connectivity index (χ2n) is 8.65. The Morgan fingerprint density at radius 3 is 2.19 bits per heavy atom. The molecule has 7 heteroatoms. The number of amides is 2. The monoisotopic (exact) mass is 492 g/mol. The van der Waals surface area contributed by atoms with Gasteiger partial charge in [-0.1, -0.05) is 79.7 Å². The van der Waals surface area contributed by atoms with E-state index in [1.54, 1.807) is 6.92 Å². The zero-order valence-corrected chi connectivity index (χ0v) is 20.8. The number of nitrogens with one attached hydrogen (secondary N) is 2. The molecule has 2 heterocycles. The van der Waals surface area contributed by atoms with Gasteiger partial charge in [-0.3, -0.25) is 0 Å². The Kier molecular flexibility index (Phi) is 6.85. The predicted octanol–water partition coefficient (Wildman–Crippen LogP) is 5.79. The summed E-state index contributed by atoms with van der Waals surface area (Å²) in [6.45, 7) is 3.92. The third-order valence-electron chi connectivity index (χ3n) is 6.32. The molecular weight excluding hydrogens is 464 g/mol. The molecule has 37 heavy (non-hydrogen) atoms. The number of urea groups is 1. The summed E-state index contributed by atoms with van der Waals surface area (Å²) in [5.74, 6) is -0.438. The molecule has 0 spiro atoms. The van der Waals surface area contributed by atoms with Crippen LogP contribution in [-0.2, 0) is 9.53 Å². The molecule has 7 nitrogen and oxygen atoms in total. The van der Waals surface area contributed by atoms with Crippen LogP contribution in [0.25, 0.3) is 28.2 Å². The SMILES string of the molecule is CCOC(=O)C1=C(CC)NC(=O)NC1c1ccc(-n2nc(-c3ccccc3)cc2-c2ccccc2)cc1. The number of allylic oxidation sites excluding steroid dienone is 1. The molecule has 0 fully saturated rings. The Morgan fingerprint density at radius 2 is 1.57 bits per heavy atom. The van der Waals surface area contributed by atoms with Gasteiger partial charge in [-0.25, -0.2) is 14.3 Å². The molecule has 2 N–H and O–H groups in total. The lowest BCUT2D eigenvalue weighted by molar-refractivity contribution is -0.139. The first-order valence-corrected chi connectivity index (χ1v) is 12.4. The lowest BCUT2D eigenvalue weighted by Crippen LogP contribution is -2.45. The first-order valence-electron chi connectivity index (χ1n) is 12.4. The lowest BCUT2D eigenvalue weighted by atomic mass is 9.94. The van der Waals surface area contributed by atoms with E-state index >= 15 is 0 Å². The molecule has 0 saturated heterocycles. The third-order valence-corrected chi connectivity index (χ3v) is 6.32. The van der Waals surface area contributed by atoms with E-state index in [9.17, 15) is 9.59 Å². The summed E-state index contributed by atoms with van der Waals surface area (Å²) in [6.07, 6.45) is 0.506. The topological polar surface area (TPSA) is 85.2 Å². The Balaban J connectivity index is 1.55. The normalized spacial score (nSPS) is 15.2. The van der Waals surface area contributed by atoms with Crippen LogP contribution in [0.4, 0.5) is 4.79 Å². The van der Waals surface area contributed by atoms with Crippen molar-refractivity contribution in [2.75, 3.05) is 6.61 Å². The van der Waals surface area contributed by atoms with E-state index in [0.717, 1.165) is 33.8 Å². The van der Waals surface area contributed by atoms with E-state index < -0.39 is 12.0 Å². The van der Waals surface area contributed by atoms with Gasteiger partial charge in [-0.15, -0.1) is 0 Å². The van der Waals surface area contributed by atoms with E-state index in [1.807, 2.05) is 84.4 Å². The number of nitrogens with zero attached hydrogens (tertiary/aromatic N) is 2. The second kappa shape index (κ2) is 10.5. The standard InChI is InChI=1S/C30H28N4O3/c1-3-24-27(29(35)37-4-2)28(32-30(36)31-24)22-15-17-23(18-16-22)34-26(21-13-9-6-10-14-21)19-25(33-34)20-11-7-5-8-12-20/h5-19,28H,3-4H2,1-2H3,(H2,31,32,36). The largest absolute Gasteiger partial charge is 0.463 e. The summed E-state index contributed by atoms with van der Waals surface area (Å²) in [5, 5.41) is 10.6. The number of aromatic nitrogens is 2. The number of ether oxygens (including phenoxy) is 1. The maximum Gasteiger partial charge on any atom is 0.338 e. The van der Waals surface area contributed by atoms with E-state index in [0.29, 0.717) is 17.7 Å². The van der Waals surface area contributed by atoms with Crippen molar-refractivity contribution in [3.05, 3.63) is 108 Å². The molecule has 1 aliphatic heterocycles. The van der Waals surface area contributed by atoms with Gasteiger partial charge in [0.25, 0.3) is 0 Å². The van der Waals surface area contributed by atoms with Gasteiger partial charge in [0.15, 0.2) is 0 Å². The summed E-state index contributed by atoms with van der Waals surface area (Å²) < 4.78 is 7.22. The molecule has 1 aliphatic rings. The Hall–Kier alpha value is -4.65. The molecule has 1 aromatic heterocycles. The molecule has 0 bridgehead atoms. The van der Waals surface area contributed by atoms with Gasteiger partial charge in [0.1, 0.15) is 0 Å². The number of rotatable bonds is 7. The smallest absolute Gasteiger partial charge is 0.338 e. The first kappa shape index (κ1) is 24.1. The highest BCUT2D eigenvalue weighted by atomic mass is 16.5. The molecule has 4 aromatic rings. The lowest BCUT2D eigenvalue weighted by Gasteiger charge is -2.29. The van der Waals surface area contributed by atoms with Crippen LogP contribution >= 0.6 is 0 Å². The molecule has 186 valence electrons. The van der Waals surface area contributed by atoms with E-state index in [-0.39, 0.29) is 12.6 Å². The minimum absolute atomic E-state index is 0.254. The number of esters is 1. The van der Waals surface area contributed by atoms with Crippen molar-refractivity contribution < 1.29 is 14.3 Å². The summed E-state index contributed by atoms with van der Waals surface area (Å²) in [7, 11) is 0. The maximum absolute atomic E-state index is 12.8. The van der Waals surface area contributed by atoms with Crippen LogP contribution in [0.5, 0.6) is 0 Å². The molecule has 5 rings (SSSR count). The van der Waals surface area contributed by atoms with Crippen molar-refractivity contribution in [1.29, 1.82) is 0 Å². The second-order valence-corrected chi connectivity index (χ2v) is 8.65. The van der Waals surface area contributed by atoms with Crippen LogP contribution in [0.1, 0.15) is 31.9 Å². The summed E-state index contributed by atoms with van der Waals surface area (Å²) in [6, 6.07) is 29.0. The minimum atomic E-state index is -0.608. The van der Waals surface area contributed by atoms with Crippen LogP contribution in [0.3, 0.4) is 0 Å². The zero-order chi connectivity index (χ0) is 25.8. The van der Waals surface area contributed by atoms with Crippen LogP contribution in [0.2, 0.25) is 0 Å². The van der Waals surface area contributed by atoms with Gasteiger partial charge in [0.05, 0.1) is 35.3 Å². The Bertz CT molecular complexity index is 1440. The number of benzene rings is 3. The fourth-order valence-electron chi connectivity index (χ4n) is 4.55. The highest BCUT2D eigenvalue weighted by Crippen LogP contribution is 2.32. The van der Waals surface area contributed by atoms with Crippen molar-refractivity contribution in [3.63, 3.8) is 0 Å². The Morgan fingerprint density at radius 1 is 0.919 bits per heavy atom. The fraction of sp³-hybridized carbons (Fsp3) is 0.167. The number of hydrogen-bond donors (Lipinski definition) is 2. The molecule has 1 atom stereocenters. The highest BCUT2D eigenvalue weighted by Gasteiger charge is 2.33. The number of carbonyl (C=O) groups is 2. The average Bonchev–Trinajstić information content (AvgIpc) is 3.39. The fourth-order valence-corrected chi connectivity index (χ4v) is 4.55. The van der Waals surface area contributed by atoms with Gasteiger partial charge >= 0.3 is 12.0 Å². The maximum atomic E-state index is 12.8. The zero-order valence-electron chi connectivity index (χ0n) is 20.8. The molecule has 1 unspecified atom stereocenters. The van der Waals surface area contributed by atoms with E-state index in [2.05, 4.69) is 28.8 Å². The van der Waals surface area contributed by atoms with E-state index in [4.69, 9.17) is 9.84 Å². The van der Waals surface area contributed by atoms with Crippen molar-refractivity contribution >= 4 is 12.0 Å². The third kappa shape index (κ3) is 4.89. The number of carbonyl (C=O) groups excluding carboxylic acids is 2. The van der Waals surface area contributed by atoms with Gasteiger partial charge in [-0.2, -0.15) is 5.10 Å². The molecular formula is C30H28N4O3. The summed E-state index contributed by atoms with van der Waals surface area (Å²) in [4.78, 5) is 25.1. The number of hydrogen-bond acceptors (Lipinski definition) is 4. The van der Waals surface area contributed by atoms with Gasteiger partial charge in [-0.05, 0) is 37.1 Å². The molecule has 0 saturated carbocycles. The first-order chi connectivity index (χ1) is 18.1.